The Bertz CT molecular complexity index is 883. The van der Waals surface area contributed by atoms with Crippen molar-refractivity contribution in [3.05, 3.63) is 59.4 Å². The lowest BCUT2D eigenvalue weighted by molar-refractivity contribution is 0.102. The fraction of sp³-hybridized carbons (Fsp3) is 0.278. The maximum Gasteiger partial charge on any atom is 0.255 e. The van der Waals surface area contributed by atoms with Gasteiger partial charge in [-0.2, -0.15) is 0 Å². The van der Waals surface area contributed by atoms with Crippen LogP contribution in [0.15, 0.2) is 47.4 Å². The highest BCUT2D eigenvalue weighted by Gasteiger charge is 2.18. The molecule has 0 spiro atoms. The first-order valence-electron chi connectivity index (χ1n) is 7.92. The summed E-state index contributed by atoms with van der Waals surface area (Å²) in [5.41, 5.74) is 1.06. The third-order valence-electron chi connectivity index (χ3n) is 3.63. The van der Waals surface area contributed by atoms with Crippen LogP contribution >= 0.6 is 0 Å². The van der Waals surface area contributed by atoms with Gasteiger partial charge in [0.2, 0.25) is 10.0 Å². The zero-order valence-electron chi connectivity index (χ0n) is 14.7. The molecule has 140 valence electrons. The van der Waals surface area contributed by atoms with Crippen molar-refractivity contribution in [2.24, 2.45) is 0 Å². The number of sulfonamides is 1. The van der Waals surface area contributed by atoms with Crippen molar-refractivity contribution in [1.82, 2.24) is 4.72 Å². The minimum atomic E-state index is -3.70. The van der Waals surface area contributed by atoms with Crippen LogP contribution in [0.5, 0.6) is 0 Å². The molecule has 0 fully saturated rings. The van der Waals surface area contributed by atoms with Gasteiger partial charge in [-0.1, -0.05) is 6.07 Å². The molecule has 0 aliphatic carbocycles. The largest absolute Gasteiger partial charge is 0.383 e. The van der Waals surface area contributed by atoms with Crippen molar-refractivity contribution in [2.45, 2.75) is 24.8 Å². The van der Waals surface area contributed by atoms with E-state index in [0.29, 0.717) is 11.3 Å². The van der Waals surface area contributed by atoms with Crippen LogP contribution in [0.1, 0.15) is 22.8 Å². The molecule has 0 bridgehead atoms. The molecule has 26 heavy (non-hydrogen) atoms. The number of methoxy groups -OCH3 is 1. The molecule has 0 aromatic heterocycles. The van der Waals surface area contributed by atoms with Crippen LogP contribution in [-0.4, -0.2) is 34.1 Å². The highest BCUT2D eigenvalue weighted by molar-refractivity contribution is 7.89. The van der Waals surface area contributed by atoms with E-state index >= 15 is 0 Å². The summed E-state index contributed by atoms with van der Waals surface area (Å²) >= 11 is 0. The molecule has 1 atom stereocenters. The molecule has 0 aliphatic heterocycles. The van der Waals surface area contributed by atoms with Crippen molar-refractivity contribution < 1.29 is 22.3 Å². The number of carbonyl (C=O) groups is 1. The second-order valence-electron chi connectivity index (χ2n) is 5.92. The Hall–Kier alpha value is -2.29. The SMILES string of the molecule is COC[C@H](C)NS(=O)(=O)c1ccc(C(=O)Nc2ccc(C)c(F)c2)cc1. The fourth-order valence-corrected chi connectivity index (χ4v) is 3.50. The first-order valence-corrected chi connectivity index (χ1v) is 9.40. The molecule has 0 unspecified atom stereocenters. The number of halogens is 1. The number of hydrogen-bond acceptors (Lipinski definition) is 4. The van der Waals surface area contributed by atoms with Gasteiger partial charge in [0.15, 0.2) is 0 Å². The number of anilines is 1. The third kappa shape index (κ3) is 5.10. The number of ether oxygens (including phenoxy) is 1. The van der Waals surface area contributed by atoms with Gasteiger partial charge in [0.1, 0.15) is 5.82 Å². The highest BCUT2D eigenvalue weighted by Crippen LogP contribution is 2.16. The molecule has 0 radical (unpaired) electrons. The molecule has 2 N–H and O–H groups in total. The molecule has 0 saturated carbocycles. The van der Waals surface area contributed by atoms with Gasteiger partial charge in [-0.05, 0) is 55.8 Å². The average Bonchev–Trinajstić information content (AvgIpc) is 2.58. The lowest BCUT2D eigenvalue weighted by Gasteiger charge is -2.13. The predicted molar refractivity (Wildman–Crippen MR) is 97.2 cm³/mol. The van der Waals surface area contributed by atoms with Crippen molar-refractivity contribution in [1.29, 1.82) is 0 Å². The van der Waals surface area contributed by atoms with Crippen molar-refractivity contribution in [2.75, 3.05) is 19.0 Å². The van der Waals surface area contributed by atoms with Gasteiger partial charge < -0.3 is 10.1 Å². The summed E-state index contributed by atoms with van der Waals surface area (Å²) in [5, 5.41) is 2.57. The molecule has 8 heteroatoms. The second kappa shape index (κ2) is 8.39. The third-order valence-corrected chi connectivity index (χ3v) is 5.23. The van der Waals surface area contributed by atoms with Crippen LogP contribution < -0.4 is 10.0 Å². The molecule has 1 amide bonds. The van der Waals surface area contributed by atoms with Crippen molar-refractivity contribution in [3.63, 3.8) is 0 Å². The van der Waals surface area contributed by atoms with E-state index in [-0.39, 0.29) is 23.1 Å². The van der Waals surface area contributed by atoms with E-state index in [1.165, 1.54) is 37.4 Å². The van der Waals surface area contributed by atoms with E-state index in [1.807, 2.05) is 0 Å². The van der Waals surface area contributed by atoms with Gasteiger partial charge in [-0.25, -0.2) is 17.5 Å². The fourth-order valence-electron chi connectivity index (χ4n) is 2.28. The first-order chi connectivity index (χ1) is 12.2. The number of carbonyl (C=O) groups excluding carboxylic acids is 1. The summed E-state index contributed by atoms with van der Waals surface area (Å²) < 4.78 is 45.4. The van der Waals surface area contributed by atoms with E-state index in [1.54, 1.807) is 26.0 Å². The van der Waals surface area contributed by atoms with Crippen LogP contribution in [0, 0.1) is 12.7 Å². The Morgan fingerprint density at radius 3 is 2.42 bits per heavy atom. The van der Waals surface area contributed by atoms with Gasteiger partial charge in [0, 0.05) is 24.4 Å². The van der Waals surface area contributed by atoms with E-state index in [9.17, 15) is 17.6 Å². The molecule has 2 aromatic rings. The van der Waals surface area contributed by atoms with Crippen molar-refractivity contribution in [3.8, 4) is 0 Å². The molecule has 2 aromatic carbocycles. The molecule has 2 rings (SSSR count). The molecular formula is C18H21FN2O4S. The van der Waals surface area contributed by atoms with E-state index < -0.39 is 21.7 Å². The van der Waals surface area contributed by atoms with Crippen LogP contribution in [0.25, 0.3) is 0 Å². The second-order valence-corrected chi connectivity index (χ2v) is 7.63. The summed E-state index contributed by atoms with van der Waals surface area (Å²) in [5.74, 6) is -0.876. The summed E-state index contributed by atoms with van der Waals surface area (Å²) in [7, 11) is -2.22. The zero-order chi connectivity index (χ0) is 19.3. The van der Waals surface area contributed by atoms with Crippen LogP contribution in [0.2, 0.25) is 0 Å². The number of benzene rings is 2. The van der Waals surface area contributed by atoms with Gasteiger partial charge in [0.25, 0.3) is 5.91 Å². The average molecular weight is 380 g/mol. The maximum absolute atomic E-state index is 13.5. The van der Waals surface area contributed by atoms with Gasteiger partial charge in [-0.15, -0.1) is 0 Å². The first kappa shape index (κ1) is 20.0. The standard InChI is InChI=1S/C18H21FN2O4S/c1-12-4-7-15(10-17(12)19)20-18(22)14-5-8-16(9-6-14)26(23,24)21-13(2)11-25-3/h4-10,13,21H,11H2,1-3H3,(H,20,22)/t13-/m0/s1. The number of amides is 1. The summed E-state index contributed by atoms with van der Waals surface area (Å²) in [6.07, 6.45) is 0. The number of hydrogen-bond donors (Lipinski definition) is 2. The smallest absolute Gasteiger partial charge is 0.255 e. The normalized spacial score (nSPS) is 12.6. The van der Waals surface area contributed by atoms with Gasteiger partial charge in [-0.3, -0.25) is 4.79 Å². The Balaban J connectivity index is 2.10. The lowest BCUT2D eigenvalue weighted by atomic mass is 10.2. The minimum absolute atomic E-state index is 0.0402. The van der Waals surface area contributed by atoms with E-state index in [4.69, 9.17) is 4.74 Å². The van der Waals surface area contributed by atoms with E-state index in [0.717, 1.165) is 0 Å². The number of aryl methyl sites for hydroxylation is 1. The van der Waals surface area contributed by atoms with Crippen LogP contribution in [0.3, 0.4) is 0 Å². The zero-order valence-corrected chi connectivity index (χ0v) is 15.6. The predicted octanol–water partition coefficient (Wildman–Crippen LogP) is 2.70. The lowest BCUT2D eigenvalue weighted by Crippen LogP contribution is -2.35. The molecule has 0 heterocycles. The maximum atomic E-state index is 13.5. The monoisotopic (exact) mass is 380 g/mol. The van der Waals surface area contributed by atoms with Gasteiger partial charge in [0.05, 0.1) is 11.5 Å². The molecule has 6 nitrogen and oxygen atoms in total. The van der Waals surface area contributed by atoms with Crippen molar-refractivity contribution >= 4 is 21.6 Å². The Kier molecular flexibility index (Phi) is 6.47. The van der Waals surface area contributed by atoms with Gasteiger partial charge >= 0.3 is 0 Å². The summed E-state index contributed by atoms with van der Waals surface area (Å²) in [6, 6.07) is 9.48. The van der Waals surface area contributed by atoms with Crippen LogP contribution in [0.4, 0.5) is 10.1 Å². The molecule has 0 saturated heterocycles. The molecular weight excluding hydrogens is 359 g/mol. The summed E-state index contributed by atoms with van der Waals surface area (Å²) in [4.78, 5) is 12.3. The Morgan fingerprint density at radius 1 is 1.19 bits per heavy atom. The van der Waals surface area contributed by atoms with E-state index in [2.05, 4.69) is 10.0 Å². The topological polar surface area (TPSA) is 84.5 Å². The highest BCUT2D eigenvalue weighted by atomic mass is 32.2. The number of rotatable bonds is 7. The summed E-state index contributed by atoms with van der Waals surface area (Å²) in [6.45, 7) is 3.55. The Labute approximate surface area is 152 Å². The Morgan fingerprint density at radius 2 is 1.85 bits per heavy atom. The minimum Gasteiger partial charge on any atom is -0.383 e. The quantitative estimate of drug-likeness (QED) is 0.774. The number of nitrogens with one attached hydrogen (secondary N) is 2. The van der Waals surface area contributed by atoms with Crippen LogP contribution in [-0.2, 0) is 14.8 Å². The molecule has 0 aliphatic rings.